The number of hydrogen-bond donors (Lipinski definition) is 5. The van der Waals surface area contributed by atoms with Crippen LogP contribution in [0, 0.1) is 0 Å². The molecule has 0 saturated heterocycles. The second-order valence-electron chi connectivity index (χ2n) is 3.67. The zero-order valence-electron chi connectivity index (χ0n) is 9.59. The zero-order chi connectivity index (χ0) is 13.5. The molecule has 1 aromatic rings. The summed E-state index contributed by atoms with van der Waals surface area (Å²) in [7, 11) is 0. The van der Waals surface area contributed by atoms with Gasteiger partial charge in [-0.3, -0.25) is 20.4 Å². The number of carbonyl (C=O) groups is 2. The van der Waals surface area contributed by atoms with E-state index in [0.29, 0.717) is 5.69 Å². The van der Waals surface area contributed by atoms with Crippen LogP contribution in [0.5, 0.6) is 5.75 Å². The van der Waals surface area contributed by atoms with Gasteiger partial charge in [-0.15, -0.1) is 0 Å². The highest BCUT2D eigenvalue weighted by Gasteiger charge is 2.14. The lowest BCUT2D eigenvalue weighted by Crippen LogP contribution is -2.43. The van der Waals surface area contributed by atoms with Gasteiger partial charge in [0.15, 0.2) is 0 Å². The molecule has 0 aliphatic rings. The van der Waals surface area contributed by atoms with Crippen LogP contribution in [-0.4, -0.2) is 28.1 Å². The summed E-state index contributed by atoms with van der Waals surface area (Å²) in [4.78, 5) is 21.8. The van der Waals surface area contributed by atoms with Crippen LogP contribution in [0.3, 0.4) is 0 Å². The van der Waals surface area contributed by atoms with E-state index in [0.717, 1.165) is 0 Å². The molecule has 0 aromatic heterocycles. The van der Waals surface area contributed by atoms with E-state index < -0.39 is 17.9 Å². The summed E-state index contributed by atoms with van der Waals surface area (Å²) in [6.07, 6.45) is -0.130. The molecule has 1 aromatic carbocycles. The molecule has 0 fully saturated rings. The number of phenols is 1. The highest BCUT2D eigenvalue weighted by Crippen LogP contribution is 2.20. The number of aromatic hydroxyl groups is 1. The number of hydrogen-bond acceptors (Lipinski definition) is 5. The molecule has 98 valence electrons. The van der Waals surface area contributed by atoms with E-state index in [2.05, 4.69) is 10.9 Å². The van der Waals surface area contributed by atoms with Gasteiger partial charge in [-0.05, 0) is 18.6 Å². The monoisotopic (exact) mass is 253 g/mol. The number of para-hydroxylation sites is 2. The van der Waals surface area contributed by atoms with Crippen molar-refractivity contribution in [3.63, 3.8) is 0 Å². The number of anilines is 1. The van der Waals surface area contributed by atoms with Gasteiger partial charge in [-0.2, -0.15) is 0 Å². The van der Waals surface area contributed by atoms with E-state index in [9.17, 15) is 14.7 Å². The highest BCUT2D eigenvalue weighted by molar-refractivity contribution is 5.83. The molecule has 1 atom stereocenters. The third-order valence-electron chi connectivity index (χ3n) is 2.23. The number of carbonyl (C=O) groups excluding carboxylic acids is 1. The van der Waals surface area contributed by atoms with Crippen molar-refractivity contribution in [1.29, 1.82) is 0 Å². The maximum absolute atomic E-state index is 11.5. The van der Waals surface area contributed by atoms with Gasteiger partial charge in [0.1, 0.15) is 5.75 Å². The molecule has 0 saturated carbocycles. The number of benzene rings is 1. The molecular formula is C11H15N3O4. The van der Waals surface area contributed by atoms with Crippen LogP contribution in [-0.2, 0) is 9.59 Å². The van der Waals surface area contributed by atoms with Crippen molar-refractivity contribution in [3.05, 3.63) is 24.3 Å². The topological polar surface area (TPSA) is 125 Å². The smallest absolute Gasteiger partial charge is 0.303 e. The van der Waals surface area contributed by atoms with Gasteiger partial charge in [0, 0.05) is 6.42 Å². The SMILES string of the molecule is NC(CCC(=O)O)C(=O)NNc1ccccc1O. The highest BCUT2D eigenvalue weighted by atomic mass is 16.4. The number of carboxylic acids is 1. The van der Waals surface area contributed by atoms with Crippen molar-refractivity contribution < 1.29 is 19.8 Å². The molecule has 1 amide bonds. The Morgan fingerprint density at radius 3 is 2.61 bits per heavy atom. The predicted octanol–water partition coefficient (Wildman–Crippen LogP) is 0.0274. The summed E-state index contributed by atoms with van der Waals surface area (Å²) in [6.45, 7) is 0. The first kappa shape index (κ1) is 13.8. The molecule has 6 N–H and O–H groups in total. The molecule has 18 heavy (non-hydrogen) atoms. The lowest BCUT2D eigenvalue weighted by atomic mass is 10.1. The summed E-state index contributed by atoms with van der Waals surface area (Å²) >= 11 is 0. The number of rotatable bonds is 6. The Labute approximate surface area is 104 Å². The van der Waals surface area contributed by atoms with Crippen LogP contribution in [0.25, 0.3) is 0 Å². The average molecular weight is 253 g/mol. The molecule has 0 spiro atoms. The van der Waals surface area contributed by atoms with Crippen LogP contribution in [0.1, 0.15) is 12.8 Å². The Balaban J connectivity index is 2.41. The third kappa shape index (κ3) is 4.30. The van der Waals surface area contributed by atoms with Crippen LogP contribution >= 0.6 is 0 Å². The maximum Gasteiger partial charge on any atom is 0.303 e. The maximum atomic E-state index is 11.5. The molecule has 0 aliphatic heterocycles. The Morgan fingerprint density at radius 1 is 1.33 bits per heavy atom. The van der Waals surface area contributed by atoms with Gasteiger partial charge >= 0.3 is 5.97 Å². The summed E-state index contributed by atoms with van der Waals surface area (Å²) < 4.78 is 0. The van der Waals surface area contributed by atoms with Crippen molar-refractivity contribution >= 4 is 17.6 Å². The molecule has 0 heterocycles. The fraction of sp³-hybridized carbons (Fsp3) is 0.273. The Kier molecular flexibility index (Phi) is 4.94. The molecular weight excluding hydrogens is 238 g/mol. The Bertz CT molecular complexity index is 436. The van der Waals surface area contributed by atoms with Gasteiger partial charge in [0.2, 0.25) is 0 Å². The molecule has 0 aliphatic carbocycles. The second kappa shape index (κ2) is 6.45. The van der Waals surface area contributed by atoms with Crippen molar-refractivity contribution in [2.24, 2.45) is 5.73 Å². The molecule has 1 unspecified atom stereocenters. The van der Waals surface area contributed by atoms with Crippen LogP contribution in [0.15, 0.2) is 24.3 Å². The number of nitrogens with one attached hydrogen (secondary N) is 2. The second-order valence-corrected chi connectivity index (χ2v) is 3.67. The summed E-state index contributed by atoms with van der Waals surface area (Å²) in [5, 5.41) is 17.9. The van der Waals surface area contributed by atoms with Crippen molar-refractivity contribution in [2.45, 2.75) is 18.9 Å². The fourth-order valence-corrected chi connectivity index (χ4v) is 1.21. The zero-order valence-corrected chi connectivity index (χ0v) is 9.59. The number of hydrazine groups is 1. The number of phenolic OH excluding ortho intramolecular Hbond substituents is 1. The minimum atomic E-state index is -1.01. The standard InChI is InChI=1S/C11H15N3O4/c12-7(5-6-10(16)17)11(18)14-13-8-3-1-2-4-9(8)15/h1-4,7,13,15H,5-6,12H2,(H,14,18)(H,16,17). The van der Waals surface area contributed by atoms with Crippen molar-refractivity contribution in [1.82, 2.24) is 5.43 Å². The molecule has 7 nitrogen and oxygen atoms in total. The third-order valence-corrected chi connectivity index (χ3v) is 2.23. The van der Waals surface area contributed by atoms with Gasteiger partial charge < -0.3 is 15.9 Å². The van der Waals surface area contributed by atoms with Gasteiger partial charge in [0.25, 0.3) is 5.91 Å². The molecule has 1 rings (SSSR count). The summed E-state index contributed by atoms with van der Waals surface area (Å²) in [5.41, 5.74) is 10.6. The Hall–Kier alpha value is -2.28. The first-order chi connectivity index (χ1) is 8.50. The number of amides is 1. The van der Waals surface area contributed by atoms with E-state index in [1.807, 2.05) is 0 Å². The van der Waals surface area contributed by atoms with Crippen molar-refractivity contribution in [3.8, 4) is 5.75 Å². The van der Waals surface area contributed by atoms with E-state index in [4.69, 9.17) is 10.8 Å². The molecule has 7 heteroatoms. The van der Waals surface area contributed by atoms with E-state index in [1.165, 1.54) is 6.07 Å². The predicted molar refractivity (Wildman–Crippen MR) is 64.7 cm³/mol. The quantitative estimate of drug-likeness (QED) is 0.360. The number of carboxylic acid groups (broad SMARTS) is 1. The van der Waals surface area contributed by atoms with Crippen molar-refractivity contribution in [2.75, 3.05) is 5.43 Å². The Morgan fingerprint density at radius 2 is 2.00 bits per heavy atom. The summed E-state index contributed by atoms with van der Waals surface area (Å²) in [6, 6.07) is 5.43. The number of nitrogens with two attached hydrogens (primary N) is 1. The summed E-state index contributed by atoms with van der Waals surface area (Å²) in [5.74, 6) is -1.57. The van der Waals surface area contributed by atoms with Gasteiger partial charge in [-0.25, -0.2) is 0 Å². The van der Waals surface area contributed by atoms with Crippen LogP contribution < -0.4 is 16.6 Å². The normalized spacial score (nSPS) is 11.6. The lowest BCUT2D eigenvalue weighted by molar-refractivity contribution is -0.137. The van der Waals surface area contributed by atoms with E-state index in [-0.39, 0.29) is 18.6 Å². The molecule has 0 radical (unpaired) electrons. The van der Waals surface area contributed by atoms with E-state index >= 15 is 0 Å². The van der Waals surface area contributed by atoms with Crippen LogP contribution in [0.4, 0.5) is 5.69 Å². The minimum Gasteiger partial charge on any atom is -0.506 e. The lowest BCUT2D eigenvalue weighted by Gasteiger charge is -2.13. The number of aliphatic carboxylic acids is 1. The first-order valence-electron chi connectivity index (χ1n) is 5.32. The first-order valence-corrected chi connectivity index (χ1v) is 5.32. The van der Waals surface area contributed by atoms with E-state index in [1.54, 1.807) is 18.2 Å². The fourth-order valence-electron chi connectivity index (χ4n) is 1.21. The van der Waals surface area contributed by atoms with Gasteiger partial charge in [0.05, 0.1) is 11.7 Å². The molecule has 0 bridgehead atoms. The van der Waals surface area contributed by atoms with Crippen LogP contribution in [0.2, 0.25) is 0 Å². The largest absolute Gasteiger partial charge is 0.506 e. The average Bonchev–Trinajstić information content (AvgIpc) is 2.34. The van der Waals surface area contributed by atoms with Gasteiger partial charge in [-0.1, -0.05) is 12.1 Å². The minimum absolute atomic E-state index is 0.0168.